The van der Waals surface area contributed by atoms with Crippen molar-refractivity contribution in [2.45, 2.75) is 25.6 Å². The molecule has 1 saturated heterocycles. The van der Waals surface area contributed by atoms with Crippen molar-refractivity contribution in [1.82, 2.24) is 0 Å². The zero-order chi connectivity index (χ0) is 17.0. The van der Waals surface area contributed by atoms with Gasteiger partial charge in [0.1, 0.15) is 19.5 Å². The molecule has 0 unspecified atom stereocenters. The molecule has 0 aliphatic carbocycles. The molecule has 1 aliphatic heterocycles. The van der Waals surface area contributed by atoms with E-state index in [-0.39, 0.29) is 24.8 Å². The highest BCUT2D eigenvalue weighted by Gasteiger charge is 2.37. The number of benzene rings is 1. The number of carbonyl (C=O) groups is 1. The summed E-state index contributed by atoms with van der Waals surface area (Å²) in [6.45, 7) is 2.62. The minimum absolute atomic E-state index is 0.145. The molecular weight excluding hydrogens is 312 g/mol. The largest absolute Gasteiger partial charge is 0.463 e. The van der Waals surface area contributed by atoms with Crippen molar-refractivity contribution in [1.29, 1.82) is 0 Å². The summed E-state index contributed by atoms with van der Waals surface area (Å²) in [4.78, 5) is 11.8. The molecule has 6 nitrogen and oxygen atoms in total. The standard InChI is InChI=1S/C18H26O6/c1-20-10-11-22-14-24-17-13-23-18(19)16(17)8-5-9-21-12-15-6-3-2-4-7-15/h2-4,6-7,16-17H,5,8-14H2,1H3/t16-,17+/m1/s1. The van der Waals surface area contributed by atoms with Gasteiger partial charge in [0, 0.05) is 13.7 Å². The molecule has 0 spiro atoms. The normalized spacial score (nSPS) is 20.3. The lowest BCUT2D eigenvalue weighted by Crippen LogP contribution is -2.26. The van der Waals surface area contributed by atoms with Gasteiger partial charge in [0.2, 0.25) is 0 Å². The molecule has 2 atom stereocenters. The molecule has 0 amide bonds. The average molecular weight is 338 g/mol. The fraction of sp³-hybridized carbons (Fsp3) is 0.611. The first-order valence-corrected chi connectivity index (χ1v) is 8.28. The predicted octanol–water partition coefficient (Wildman–Crippen LogP) is 2.16. The van der Waals surface area contributed by atoms with Crippen molar-refractivity contribution in [3.63, 3.8) is 0 Å². The Morgan fingerprint density at radius 3 is 2.75 bits per heavy atom. The number of ether oxygens (including phenoxy) is 5. The third-order valence-corrected chi connectivity index (χ3v) is 3.85. The van der Waals surface area contributed by atoms with Crippen molar-refractivity contribution in [2.75, 3.05) is 40.3 Å². The Hall–Kier alpha value is -1.47. The molecule has 0 saturated carbocycles. The Labute approximate surface area is 143 Å². The predicted molar refractivity (Wildman–Crippen MR) is 87.3 cm³/mol. The highest BCUT2D eigenvalue weighted by molar-refractivity contribution is 5.75. The second-order valence-corrected chi connectivity index (χ2v) is 5.64. The molecule has 1 aromatic carbocycles. The Morgan fingerprint density at radius 1 is 1.12 bits per heavy atom. The number of carbonyl (C=O) groups excluding carboxylic acids is 1. The van der Waals surface area contributed by atoms with Gasteiger partial charge in [0.05, 0.1) is 25.7 Å². The first kappa shape index (κ1) is 18.9. The molecule has 0 radical (unpaired) electrons. The molecule has 134 valence electrons. The minimum atomic E-state index is -0.242. The van der Waals surface area contributed by atoms with Crippen LogP contribution in [0.15, 0.2) is 30.3 Å². The maximum Gasteiger partial charge on any atom is 0.311 e. The summed E-state index contributed by atoms with van der Waals surface area (Å²) in [6, 6.07) is 10.0. The minimum Gasteiger partial charge on any atom is -0.463 e. The number of hydrogen-bond acceptors (Lipinski definition) is 6. The van der Waals surface area contributed by atoms with E-state index in [2.05, 4.69) is 0 Å². The van der Waals surface area contributed by atoms with Crippen molar-refractivity contribution in [2.24, 2.45) is 5.92 Å². The molecule has 0 N–H and O–H groups in total. The van der Waals surface area contributed by atoms with Crippen molar-refractivity contribution >= 4 is 5.97 Å². The molecule has 0 aromatic heterocycles. The topological polar surface area (TPSA) is 63.2 Å². The lowest BCUT2D eigenvalue weighted by Gasteiger charge is -2.16. The summed E-state index contributed by atoms with van der Waals surface area (Å²) < 4.78 is 26.5. The van der Waals surface area contributed by atoms with Crippen LogP contribution in [0.3, 0.4) is 0 Å². The van der Waals surface area contributed by atoms with Crippen LogP contribution in [0.4, 0.5) is 0 Å². The second-order valence-electron chi connectivity index (χ2n) is 5.64. The highest BCUT2D eigenvalue weighted by atomic mass is 16.7. The fourth-order valence-electron chi connectivity index (χ4n) is 2.51. The molecule has 1 fully saturated rings. The third-order valence-electron chi connectivity index (χ3n) is 3.85. The van der Waals surface area contributed by atoms with E-state index < -0.39 is 0 Å². The Bertz CT molecular complexity index is 464. The summed E-state index contributed by atoms with van der Waals surface area (Å²) in [5.41, 5.74) is 1.15. The van der Waals surface area contributed by atoms with Crippen molar-refractivity contribution in [3.8, 4) is 0 Å². The van der Waals surface area contributed by atoms with Crippen LogP contribution >= 0.6 is 0 Å². The first-order chi connectivity index (χ1) is 11.8. The van der Waals surface area contributed by atoms with Crippen LogP contribution in [-0.4, -0.2) is 52.4 Å². The van der Waals surface area contributed by atoms with Gasteiger partial charge in [0.15, 0.2) is 0 Å². The van der Waals surface area contributed by atoms with E-state index in [1.165, 1.54) is 0 Å². The van der Waals surface area contributed by atoms with Crippen LogP contribution in [0.2, 0.25) is 0 Å². The number of cyclic esters (lactones) is 1. The van der Waals surface area contributed by atoms with Gasteiger partial charge in [-0.3, -0.25) is 4.79 Å². The van der Waals surface area contributed by atoms with Crippen LogP contribution in [-0.2, 0) is 35.1 Å². The lowest BCUT2D eigenvalue weighted by atomic mass is 9.99. The van der Waals surface area contributed by atoms with Gasteiger partial charge in [-0.2, -0.15) is 0 Å². The molecule has 24 heavy (non-hydrogen) atoms. The van der Waals surface area contributed by atoms with Crippen LogP contribution in [0.5, 0.6) is 0 Å². The summed E-state index contributed by atoms with van der Waals surface area (Å²) in [5.74, 6) is -0.434. The monoisotopic (exact) mass is 338 g/mol. The Kier molecular flexibility index (Phi) is 8.76. The molecular formula is C18H26O6. The molecule has 1 aliphatic rings. The van der Waals surface area contributed by atoms with Gasteiger partial charge in [-0.05, 0) is 18.4 Å². The molecule has 0 bridgehead atoms. The van der Waals surface area contributed by atoms with E-state index >= 15 is 0 Å². The van der Waals surface area contributed by atoms with Gasteiger partial charge in [-0.15, -0.1) is 0 Å². The van der Waals surface area contributed by atoms with Gasteiger partial charge < -0.3 is 23.7 Å². The number of hydrogen-bond donors (Lipinski definition) is 0. The Morgan fingerprint density at radius 2 is 1.96 bits per heavy atom. The number of methoxy groups -OCH3 is 1. The van der Waals surface area contributed by atoms with Crippen LogP contribution in [0.25, 0.3) is 0 Å². The lowest BCUT2D eigenvalue weighted by molar-refractivity contribution is -0.142. The van der Waals surface area contributed by atoms with Gasteiger partial charge in [0.25, 0.3) is 0 Å². The van der Waals surface area contributed by atoms with Crippen LogP contribution in [0.1, 0.15) is 18.4 Å². The summed E-state index contributed by atoms with van der Waals surface area (Å²) in [7, 11) is 1.61. The van der Waals surface area contributed by atoms with Gasteiger partial charge in [-0.25, -0.2) is 0 Å². The van der Waals surface area contributed by atoms with Crippen LogP contribution < -0.4 is 0 Å². The van der Waals surface area contributed by atoms with E-state index in [0.29, 0.717) is 39.5 Å². The summed E-state index contributed by atoms with van der Waals surface area (Å²) >= 11 is 0. The van der Waals surface area contributed by atoms with Crippen LogP contribution in [0, 0.1) is 5.92 Å². The second kappa shape index (κ2) is 11.1. The third kappa shape index (κ3) is 6.57. The average Bonchev–Trinajstić information content (AvgIpc) is 2.95. The quantitative estimate of drug-likeness (QED) is 0.331. The van der Waals surface area contributed by atoms with Gasteiger partial charge >= 0.3 is 5.97 Å². The molecule has 1 heterocycles. The fourth-order valence-corrected chi connectivity index (χ4v) is 2.51. The van der Waals surface area contributed by atoms with Crippen molar-refractivity contribution in [3.05, 3.63) is 35.9 Å². The highest BCUT2D eigenvalue weighted by Crippen LogP contribution is 2.23. The van der Waals surface area contributed by atoms with E-state index in [9.17, 15) is 4.79 Å². The van der Waals surface area contributed by atoms with Gasteiger partial charge in [-0.1, -0.05) is 30.3 Å². The SMILES string of the molecule is COCCOCO[C@H]1COC(=O)[C@@H]1CCCOCc1ccccc1. The molecule has 1 aromatic rings. The number of esters is 1. The van der Waals surface area contributed by atoms with E-state index in [1.54, 1.807) is 7.11 Å². The molecule has 2 rings (SSSR count). The van der Waals surface area contributed by atoms with E-state index in [0.717, 1.165) is 12.0 Å². The maximum absolute atomic E-state index is 11.8. The van der Waals surface area contributed by atoms with E-state index in [1.807, 2.05) is 30.3 Å². The number of rotatable bonds is 12. The zero-order valence-electron chi connectivity index (χ0n) is 14.1. The molecule has 6 heteroatoms. The van der Waals surface area contributed by atoms with Crippen molar-refractivity contribution < 1.29 is 28.5 Å². The summed E-state index contributed by atoms with van der Waals surface area (Å²) in [5, 5.41) is 0. The maximum atomic E-state index is 11.8. The first-order valence-electron chi connectivity index (χ1n) is 8.28. The summed E-state index contributed by atoms with van der Waals surface area (Å²) in [6.07, 6.45) is 1.24. The zero-order valence-corrected chi connectivity index (χ0v) is 14.1. The Balaban J connectivity index is 1.59. The smallest absolute Gasteiger partial charge is 0.311 e. The van der Waals surface area contributed by atoms with E-state index in [4.69, 9.17) is 23.7 Å².